The van der Waals surface area contributed by atoms with E-state index in [2.05, 4.69) is 0 Å². The van der Waals surface area contributed by atoms with E-state index in [0.717, 1.165) is 0 Å². The van der Waals surface area contributed by atoms with Gasteiger partial charge >= 0.3 is 5.91 Å². The number of carbonyl (C=O) groups excluding carboxylic acids is 2. The molecule has 0 spiro atoms. The topological polar surface area (TPSA) is 111 Å². The Balaban J connectivity index is 2.11. The van der Waals surface area contributed by atoms with E-state index in [-0.39, 0.29) is 5.56 Å². The molecular weight excluding hydrogens is 392 g/mol. The van der Waals surface area contributed by atoms with Gasteiger partial charge in [0.2, 0.25) is 0 Å². The van der Waals surface area contributed by atoms with Gasteiger partial charge in [0.15, 0.2) is 6.04 Å². The summed E-state index contributed by atoms with van der Waals surface area (Å²) in [7, 11) is 1.60. The van der Waals surface area contributed by atoms with Crippen LogP contribution in [0.3, 0.4) is 0 Å². The summed E-state index contributed by atoms with van der Waals surface area (Å²) in [4.78, 5) is 26.2. The highest BCUT2D eigenvalue weighted by molar-refractivity contribution is 7.85. The molecular formula is C21H23N2O5S+. The molecule has 0 saturated heterocycles. The highest BCUT2D eigenvalue weighted by Crippen LogP contribution is 2.31. The number of likely N-dealkylation sites (N-methyl/N-ethyl adjacent to an activating group) is 1. The molecule has 0 aliphatic carbocycles. The number of rotatable bonds is 6. The number of fused-ring (bicyclic) bond motifs is 1. The molecule has 3 rings (SSSR count). The largest absolute Gasteiger partial charge is 0.460 e. The Morgan fingerprint density at radius 1 is 1.14 bits per heavy atom. The molecule has 1 aromatic heterocycles. The summed E-state index contributed by atoms with van der Waals surface area (Å²) in [6.07, 6.45) is 0. The zero-order valence-corrected chi connectivity index (χ0v) is 17.2. The molecule has 1 heterocycles. The van der Waals surface area contributed by atoms with Gasteiger partial charge in [-0.2, -0.15) is 0 Å². The highest BCUT2D eigenvalue weighted by Gasteiger charge is 2.42. The van der Waals surface area contributed by atoms with Crippen molar-refractivity contribution in [3.05, 3.63) is 59.9 Å². The average molecular weight is 415 g/mol. The number of hydrogen-bond acceptors (Lipinski definition) is 5. The number of aliphatic hydroxyl groups is 1. The smallest absolute Gasteiger partial charge is 0.350 e. The van der Waals surface area contributed by atoms with Crippen LogP contribution in [0.4, 0.5) is 0 Å². The zero-order valence-electron chi connectivity index (χ0n) is 16.4. The average Bonchev–Trinajstić information content (AvgIpc) is 3.02. The lowest BCUT2D eigenvalue weighted by Gasteiger charge is -2.32. The van der Waals surface area contributed by atoms with Crippen LogP contribution < -0.4 is 5.73 Å². The number of aryl methyl sites for hydroxylation is 1. The SMILES string of the molecule is Cc1oc2ccc(S(=O)c3ccccc3)cc2c1C(=O)[N+](C)(C)C(CO)C(N)=O. The minimum Gasteiger partial charge on any atom is -0.460 e. The number of aliphatic hydroxyl groups excluding tert-OH is 1. The van der Waals surface area contributed by atoms with Crippen molar-refractivity contribution in [1.82, 2.24) is 0 Å². The first-order chi connectivity index (χ1) is 13.7. The van der Waals surface area contributed by atoms with Gasteiger partial charge in [-0.3, -0.25) is 4.79 Å². The summed E-state index contributed by atoms with van der Waals surface area (Å²) >= 11 is 0. The number of hydrogen-bond donors (Lipinski definition) is 2. The van der Waals surface area contributed by atoms with Crippen molar-refractivity contribution in [2.75, 3.05) is 20.7 Å². The van der Waals surface area contributed by atoms with Crippen molar-refractivity contribution in [3.63, 3.8) is 0 Å². The molecule has 0 radical (unpaired) electrons. The maximum Gasteiger partial charge on any atom is 0.350 e. The quantitative estimate of drug-likeness (QED) is 0.598. The number of primary amides is 1. The third kappa shape index (κ3) is 3.74. The van der Waals surface area contributed by atoms with E-state index in [0.29, 0.717) is 26.5 Å². The molecule has 29 heavy (non-hydrogen) atoms. The van der Waals surface area contributed by atoms with Crippen molar-refractivity contribution >= 4 is 33.6 Å². The molecule has 2 atom stereocenters. The maximum atomic E-state index is 13.3. The first-order valence-electron chi connectivity index (χ1n) is 8.97. The highest BCUT2D eigenvalue weighted by atomic mass is 32.2. The number of nitrogens with zero attached hydrogens (tertiary/aromatic N) is 1. The van der Waals surface area contributed by atoms with Gasteiger partial charge < -0.3 is 15.3 Å². The molecule has 2 unspecified atom stereocenters. The van der Waals surface area contributed by atoms with Crippen LogP contribution in [-0.2, 0) is 15.6 Å². The second-order valence-electron chi connectivity index (χ2n) is 7.22. The number of benzene rings is 2. The summed E-state index contributed by atoms with van der Waals surface area (Å²) in [5.74, 6) is -0.830. The summed E-state index contributed by atoms with van der Waals surface area (Å²) < 4.78 is 18.2. The first kappa shape index (κ1) is 20.9. The van der Waals surface area contributed by atoms with Crippen LogP contribution in [0.2, 0.25) is 0 Å². The van der Waals surface area contributed by atoms with E-state index in [4.69, 9.17) is 10.2 Å². The third-order valence-electron chi connectivity index (χ3n) is 5.02. The Labute approximate surface area is 170 Å². The van der Waals surface area contributed by atoms with Crippen LogP contribution in [0.1, 0.15) is 16.1 Å². The summed E-state index contributed by atoms with van der Waals surface area (Å²) in [6.45, 7) is 1.09. The van der Waals surface area contributed by atoms with E-state index < -0.39 is 39.7 Å². The Bertz CT molecular complexity index is 1100. The van der Waals surface area contributed by atoms with Gasteiger partial charge in [0.05, 0.1) is 24.9 Å². The minimum atomic E-state index is -1.43. The minimum absolute atomic E-state index is 0.275. The van der Waals surface area contributed by atoms with Crippen LogP contribution in [0.15, 0.2) is 62.7 Å². The maximum absolute atomic E-state index is 13.3. The van der Waals surface area contributed by atoms with E-state index in [9.17, 15) is 18.9 Å². The second-order valence-corrected chi connectivity index (χ2v) is 8.70. The van der Waals surface area contributed by atoms with Gasteiger partial charge in [0.25, 0.3) is 5.91 Å². The number of furan rings is 1. The number of amides is 2. The van der Waals surface area contributed by atoms with Crippen molar-refractivity contribution in [3.8, 4) is 0 Å². The van der Waals surface area contributed by atoms with Crippen LogP contribution in [0, 0.1) is 6.92 Å². The fourth-order valence-electron chi connectivity index (χ4n) is 3.30. The lowest BCUT2D eigenvalue weighted by molar-refractivity contribution is -0.825. The Morgan fingerprint density at radius 2 is 1.79 bits per heavy atom. The molecule has 152 valence electrons. The van der Waals surface area contributed by atoms with Gasteiger partial charge in [-0.25, -0.2) is 13.5 Å². The van der Waals surface area contributed by atoms with Gasteiger partial charge in [0.1, 0.15) is 23.5 Å². The van der Waals surface area contributed by atoms with E-state index in [1.807, 2.05) is 18.2 Å². The zero-order chi connectivity index (χ0) is 21.3. The van der Waals surface area contributed by atoms with Gasteiger partial charge in [-0.15, -0.1) is 0 Å². The number of nitrogens with two attached hydrogens (primary N) is 1. The monoisotopic (exact) mass is 415 g/mol. The van der Waals surface area contributed by atoms with Crippen molar-refractivity contribution in [2.24, 2.45) is 5.73 Å². The predicted octanol–water partition coefficient (Wildman–Crippen LogP) is 1.97. The number of quaternary nitrogens is 1. The van der Waals surface area contributed by atoms with Crippen LogP contribution in [0.5, 0.6) is 0 Å². The number of carbonyl (C=O) groups is 2. The molecule has 8 heteroatoms. The predicted molar refractivity (Wildman–Crippen MR) is 109 cm³/mol. The molecule has 0 aliphatic rings. The Kier molecular flexibility index (Phi) is 5.70. The molecule has 2 aromatic carbocycles. The molecule has 0 fully saturated rings. The molecule has 0 aliphatic heterocycles. The van der Waals surface area contributed by atoms with Gasteiger partial charge in [-0.1, -0.05) is 18.2 Å². The van der Waals surface area contributed by atoms with E-state index in [1.165, 1.54) is 14.1 Å². The van der Waals surface area contributed by atoms with Crippen molar-refractivity contribution in [2.45, 2.75) is 22.8 Å². The normalized spacial score (nSPS) is 13.9. The standard InChI is InChI=1S/C21H22N2O5S/c1-13-19(21(26)23(2,3)17(12-24)20(22)25)16-11-15(9-10-18(16)28-13)29(27)14-7-5-4-6-8-14/h4-11,17,24H,12H2,1-3H3,(H-,22,25)/p+1. The fraction of sp³-hybridized carbons (Fsp3) is 0.238. The second kappa shape index (κ2) is 7.90. The Hall–Kier alpha value is -2.81. The molecule has 7 nitrogen and oxygen atoms in total. The van der Waals surface area contributed by atoms with Gasteiger partial charge in [-0.05, 0) is 37.3 Å². The Morgan fingerprint density at radius 3 is 2.38 bits per heavy atom. The third-order valence-corrected chi connectivity index (χ3v) is 6.41. The van der Waals surface area contributed by atoms with E-state index >= 15 is 0 Å². The molecule has 2 amide bonds. The van der Waals surface area contributed by atoms with Gasteiger partial charge in [0, 0.05) is 15.2 Å². The summed E-state index contributed by atoms with van der Waals surface area (Å²) in [5.41, 5.74) is 6.12. The summed E-state index contributed by atoms with van der Waals surface area (Å²) in [5, 5.41) is 10.1. The van der Waals surface area contributed by atoms with E-state index in [1.54, 1.807) is 37.3 Å². The first-order valence-corrected chi connectivity index (χ1v) is 10.1. The molecule has 3 aromatic rings. The molecule has 3 N–H and O–H groups in total. The fourth-order valence-corrected chi connectivity index (χ4v) is 4.40. The molecule has 0 bridgehead atoms. The van der Waals surface area contributed by atoms with Crippen LogP contribution >= 0.6 is 0 Å². The lowest BCUT2D eigenvalue weighted by atomic mass is 10.1. The van der Waals surface area contributed by atoms with Crippen LogP contribution in [0.25, 0.3) is 11.0 Å². The lowest BCUT2D eigenvalue weighted by Crippen LogP contribution is -2.60. The van der Waals surface area contributed by atoms with Crippen molar-refractivity contribution < 1.29 is 27.8 Å². The molecule has 0 saturated carbocycles. The van der Waals surface area contributed by atoms with Crippen molar-refractivity contribution in [1.29, 1.82) is 0 Å². The van der Waals surface area contributed by atoms with Crippen LogP contribution in [-0.4, -0.2) is 52.4 Å². The summed E-state index contributed by atoms with van der Waals surface area (Å²) in [6, 6.07) is 12.9.